The molecule has 2 nitrogen and oxygen atoms in total. The second-order valence-electron chi connectivity index (χ2n) is 9.73. The van der Waals surface area contributed by atoms with Crippen LogP contribution in [0.15, 0.2) is 30.3 Å². The van der Waals surface area contributed by atoms with Crippen LogP contribution in [0.4, 0.5) is 0 Å². The lowest BCUT2D eigenvalue weighted by molar-refractivity contribution is -0.0779. The lowest BCUT2D eigenvalue weighted by Gasteiger charge is -2.56. The fourth-order valence-corrected chi connectivity index (χ4v) is 6.76. The average Bonchev–Trinajstić information content (AvgIpc) is 3.10. The molecule has 156 valence electrons. The van der Waals surface area contributed by atoms with Gasteiger partial charge in [0.1, 0.15) is 0 Å². The lowest BCUT2D eigenvalue weighted by Crippen LogP contribution is -2.61. The van der Waals surface area contributed by atoms with E-state index in [0.717, 1.165) is 25.2 Å². The number of ether oxygens (including phenoxy) is 1. The Morgan fingerprint density at radius 2 is 1.82 bits per heavy atom. The third-order valence-electron chi connectivity index (χ3n) is 8.04. The van der Waals surface area contributed by atoms with E-state index in [4.69, 9.17) is 4.74 Å². The maximum atomic E-state index is 6.28. The van der Waals surface area contributed by atoms with E-state index in [1.165, 1.54) is 89.0 Å². The highest BCUT2D eigenvalue weighted by Crippen LogP contribution is 2.54. The minimum Gasteiger partial charge on any atom is -0.375 e. The van der Waals surface area contributed by atoms with Crippen LogP contribution in [0.3, 0.4) is 0 Å². The number of piperidine rings is 1. The zero-order valence-electron chi connectivity index (χ0n) is 18.1. The largest absolute Gasteiger partial charge is 0.375 e. The zero-order chi connectivity index (χ0) is 19.2. The molecule has 4 atom stereocenters. The number of benzene rings is 1. The second kappa shape index (κ2) is 9.76. The molecule has 0 amide bonds. The average molecular weight is 384 g/mol. The summed E-state index contributed by atoms with van der Waals surface area (Å²) < 4.78 is 6.28. The summed E-state index contributed by atoms with van der Waals surface area (Å²) in [5, 5.41) is 0. The lowest BCUT2D eigenvalue weighted by atomic mass is 9.66. The normalized spacial score (nSPS) is 32.8. The molecule has 2 heteroatoms. The molecule has 1 saturated carbocycles. The van der Waals surface area contributed by atoms with Gasteiger partial charge in [0, 0.05) is 17.6 Å². The first-order valence-electron chi connectivity index (χ1n) is 12.2. The van der Waals surface area contributed by atoms with E-state index in [2.05, 4.69) is 42.2 Å². The van der Waals surface area contributed by atoms with Crippen LogP contribution < -0.4 is 0 Å². The maximum Gasteiger partial charge on any atom is 0.0717 e. The predicted octanol–water partition coefficient (Wildman–Crippen LogP) is 6.73. The van der Waals surface area contributed by atoms with Crippen molar-refractivity contribution in [3.8, 4) is 0 Å². The van der Waals surface area contributed by atoms with Crippen molar-refractivity contribution < 1.29 is 4.74 Å². The summed E-state index contributed by atoms with van der Waals surface area (Å²) in [6, 6.07) is 12.2. The van der Waals surface area contributed by atoms with Gasteiger partial charge in [0.15, 0.2) is 0 Å². The van der Waals surface area contributed by atoms with Crippen LogP contribution in [0.1, 0.15) is 96.0 Å². The van der Waals surface area contributed by atoms with Crippen molar-refractivity contribution in [3.63, 3.8) is 0 Å². The Kier molecular flexibility index (Phi) is 7.12. The standard InChI is InChI=1S/C26H41NO/c1-2-3-4-8-14-24-16-15-23-13-9-10-18-26(23)19-17-25(27(24)26)21-28-20-22-11-6-5-7-12-22/h5-7,11-12,23-25H,2-4,8-10,13-21H2,1H3/t23-,24+,25-,26-/m0/s1. The van der Waals surface area contributed by atoms with Crippen molar-refractivity contribution in [2.24, 2.45) is 5.92 Å². The van der Waals surface area contributed by atoms with Crippen LogP contribution in [-0.2, 0) is 11.3 Å². The molecule has 0 bridgehead atoms. The molecule has 4 rings (SSSR count). The van der Waals surface area contributed by atoms with E-state index in [0.29, 0.717) is 11.6 Å². The molecule has 2 heterocycles. The predicted molar refractivity (Wildman–Crippen MR) is 117 cm³/mol. The SMILES string of the molecule is CCCCCC[C@@H]1CC[C@@H]2CCCC[C@]23CC[C@@H](COCc2ccccc2)N13. The molecule has 28 heavy (non-hydrogen) atoms. The molecule has 3 aliphatic rings. The first-order chi connectivity index (χ1) is 13.8. The Balaban J connectivity index is 1.41. The van der Waals surface area contributed by atoms with Crippen molar-refractivity contribution in [2.45, 2.75) is 115 Å². The zero-order valence-corrected chi connectivity index (χ0v) is 18.1. The van der Waals surface area contributed by atoms with Crippen LogP contribution in [0.5, 0.6) is 0 Å². The van der Waals surface area contributed by atoms with Gasteiger partial charge in [-0.25, -0.2) is 0 Å². The molecule has 0 radical (unpaired) electrons. The van der Waals surface area contributed by atoms with E-state index in [9.17, 15) is 0 Å². The summed E-state index contributed by atoms with van der Waals surface area (Å²) in [7, 11) is 0. The van der Waals surface area contributed by atoms with Crippen molar-refractivity contribution in [1.82, 2.24) is 4.90 Å². The van der Waals surface area contributed by atoms with Gasteiger partial charge in [-0.15, -0.1) is 0 Å². The van der Waals surface area contributed by atoms with Gasteiger partial charge in [0.05, 0.1) is 13.2 Å². The molecule has 3 fully saturated rings. The van der Waals surface area contributed by atoms with Crippen LogP contribution in [0.2, 0.25) is 0 Å². The van der Waals surface area contributed by atoms with E-state index in [1.54, 1.807) is 0 Å². The molecule has 0 unspecified atom stereocenters. The molecule has 1 aliphatic carbocycles. The fraction of sp³-hybridized carbons (Fsp3) is 0.769. The smallest absolute Gasteiger partial charge is 0.0717 e. The maximum absolute atomic E-state index is 6.28. The Morgan fingerprint density at radius 1 is 0.929 bits per heavy atom. The Bertz CT molecular complexity index is 587. The van der Waals surface area contributed by atoms with Crippen molar-refractivity contribution in [1.29, 1.82) is 0 Å². The van der Waals surface area contributed by atoms with Gasteiger partial charge < -0.3 is 4.74 Å². The van der Waals surface area contributed by atoms with Crippen LogP contribution in [0, 0.1) is 5.92 Å². The number of hydrogen-bond donors (Lipinski definition) is 0. The Morgan fingerprint density at radius 3 is 2.68 bits per heavy atom. The number of unbranched alkanes of at least 4 members (excludes halogenated alkanes) is 3. The first kappa shape index (κ1) is 20.4. The van der Waals surface area contributed by atoms with Gasteiger partial charge in [0.2, 0.25) is 0 Å². The van der Waals surface area contributed by atoms with Crippen LogP contribution in [0.25, 0.3) is 0 Å². The summed E-state index contributed by atoms with van der Waals surface area (Å²) in [4.78, 5) is 3.05. The van der Waals surface area contributed by atoms with Crippen molar-refractivity contribution in [3.05, 3.63) is 35.9 Å². The molecule has 1 spiro atoms. The Labute approximate surface area is 173 Å². The van der Waals surface area contributed by atoms with E-state index >= 15 is 0 Å². The molecule has 0 N–H and O–H groups in total. The molecular formula is C26H41NO. The van der Waals surface area contributed by atoms with E-state index < -0.39 is 0 Å². The Hall–Kier alpha value is -0.860. The fourth-order valence-electron chi connectivity index (χ4n) is 6.76. The van der Waals surface area contributed by atoms with E-state index in [-0.39, 0.29) is 0 Å². The van der Waals surface area contributed by atoms with Crippen molar-refractivity contribution >= 4 is 0 Å². The quantitative estimate of drug-likeness (QED) is 0.438. The van der Waals surface area contributed by atoms with Crippen LogP contribution >= 0.6 is 0 Å². The van der Waals surface area contributed by atoms with Gasteiger partial charge in [-0.2, -0.15) is 0 Å². The van der Waals surface area contributed by atoms with Gasteiger partial charge in [-0.05, 0) is 56.4 Å². The monoisotopic (exact) mass is 383 g/mol. The minimum atomic E-state index is 0.534. The molecule has 2 saturated heterocycles. The molecule has 1 aromatic rings. The third kappa shape index (κ3) is 4.33. The highest BCUT2D eigenvalue weighted by molar-refractivity contribution is 5.14. The second-order valence-corrected chi connectivity index (χ2v) is 9.73. The van der Waals surface area contributed by atoms with Crippen molar-refractivity contribution in [2.75, 3.05) is 6.61 Å². The number of hydrogen-bond acceptors (Lipinski definition) is 2. The topological polar surface area (TPSA) is 12.5 Å². The van der Waals surface area contributed by atoms with Gasteiger partial charge >= 0.3 is 0 Å². The molecule has 0 aromatic heterocycles. The number of nitrogens with zero attached hydrogens (tertiary/aromatic N) is 1. The highest BCUT2D eigenvalue weighted by atomic mass is 16.5. The molecule has 2 aliphatic heterocycles. The highest BCUT2D eigenvalue weighted by Gasteiger charge is 2.55. The summed E-state index contributed by atoms with van der Waals surface area (Å²) in [6.07, 6.45) is 18.6. The minimum absolute atomic E-state index is 0.534. The molecular weight excluding hydrogens is 342 g/mol. The van der Waals surface area contributed by atoms with Gasteiger partial charge in [-0.3, -0.25) is 4.90 Å². The summed E-state index contributed by atoms with van der Waals surface area (Å²) in [6.45, 7) is 4.01. The van der Waals surface area contributed by atoms with E-state index in [1.807, 2.05) is 0 Å². The summed E-state index contributed by atoms with van der Waals surface area (Å²) >= 11 is 0. The third-order valence-corrected chi connectivity index (χ3v) is 8.04. The summed E-state index contributed by atoms with van der Waals surface area (Å²) in [5.41, 5.74) is 1.84. The first-order valence-corrected chi connectivity index (χ1v) is 12.2. The van der Waals surface area contributed by atoms with Gasteiger partial charge in [0.25, 0.3) is 0 Å². The van der Waals surface area contributed by atoms with Gasteiger partial charge in [-0.1, -0.05) is 75.8 Å². The summed E-state index contributed by atoms with van der Waals surface area (Å²) in [5.74, 6) is 0.965. The number of rotatable bonds is 9. The molecule has 1 aromatic carbocycles. The van der Waals surface area contributed by atoms with Crippen LogP contribution in [-0.4, -0.2) is 29.1 Å².